The summed E-state index contributed by atoms with van der Waals surface area (Å²) >= 11 is 0. The third-order valence-electron chi connectivity index (χ3n) is 10.5. The summed E-state index contributed by atoms with van der Waals surface area (Å²) in [6.07, 6.45) is 0. The molecule has 0 amide bonds. The maximum atomic E-state index is 6.40. The normalized spacial score (nSPS) is 11.7. The molecule has 0 aliphatic rings. The standard InChI is InChI=1S/C49H30N4O/c1-3-13-31(14-4-1)32-23-25-34(26-24-32)48-50-47(33-15-5-2-6-16-33)51-49(52-48)39-27-28-43(36-18-8-7-17-35(36)39)53-42-21-11-9-19-37(42)40-29-41-38-20-10-12-22-45(38)54-46(41)30-44(40)53/h1-30H. The van der Waals surface area contributed by atoms with E-state index in [1.54, 1.807) is 0 Å². The van der Waals surface area contributed by atoms with Crippen molar-refractivity contribution < 1.29 is 4.42 Å². The minimum Gasteiger partial charge on any atom is -0.456 e. The van der Waals surface area contributed by atoms with E-state index in [1.807, 2.05) is 48.5 Å². The van der Waals surface area contributed by atoms with Gasteiger partial charge in [0, 0.05) is 49.7 Å². The number of hydrogen-bond acceptors (Lipinski definition) is 4. The molecule has 0 spiro atoms. The zero-order valence-corrected chi connectivity index (χ0v) is 29.0. The number of para-hydroxylation sites is 2. The summed E-state index contributed by atoms with van der Waals surface area (Å²) in [6, 6.07) is 63.3. The van der Waals surface area contributed by atoms with Gasteiger partial charge in [0.05, 0.1) is 16.7 Å². The molecule has 11 aromatic rings. The summed E-state index contributed by atoms with van der Waals surface area (Å²) in [5, 5.41) is 6.78. The lowest BCUT2D eigenvalue weighted by atomic mass is 10.0. The number of rotatable bonds is 5. The van der Waals surface area contributed by atoms with E-state index >= 15 is 0 Å². The molecule has 0 aliphatic carbocycles. The van der Waals surface area contributed by atoms with E-state index in [0.717, 1.165) is 71.7 Å². The molecule has 3 aromatic heterocycles. The summed E-state index contributed by atoms with van der Waals surface area (Å²) < 4.78 is 8.77. The first-order valence-corrected chi connectivity index (χ1v) is 18.1. The number of nitrogens with zero attached hydrogens (tertiary/aromatic N) is 4. The molecule has 5 nitrogen and oxygen atoms in total. The van der Waals surface area contributed by atoms with Crippen molar-refractivity contribution >= 4 is 54.5 Å². The molecule has 54 heavy (non-hydrogen) atoms. The summed E-state index contributed by atoms with van der Waals surface area (Å²) in [4.78, 5) is 15.3. The molecular weight excluding hydrogens is 661 g/mol. The molecule has 0 atom stereocenters. The van der Waals surface area contributed by atoms with Gasteiger partial charge in [0.2, 0.25) is 0 Å². The molecule has 0 unspecified atom stereocenters. The lowest BCUT2D eigenvalue weighted by molar-refractivity contribution is 0.669. The topological polar surface area (TPSA) is 56.7 Å². The molecule has 0 aliphatic heterocycles. The Morgan fingerprint density at radius 3 is 1.65 bits per heavy atom. The number of furan rings is 1. The second-order valence-corrected chi connectivity index (χ2v) is 13.6. The Kier molecular flexibility index (Phi) is 6.79. The number of aromatic nitrogens is 4. The van der Waals surface area contributed by atoms with Crippen LogP contribution in [0.25, 0.3) is 105 Å². The SMILES string of the molecule is c1ccc(-c2ccc(-c3nc(-c4ccccc4)nc(-c4ccc(-n5c6ccccc6c6cc7c(cc65)oc5ccccc57)c5ccccc45)n3)cc2)cc1. The average Bonchev–Trinajstić information content (AvgIpc) is 3.77. The van der Waals surface area contributed by atoms with Crippen molar-refractivity contribution in [2.24, 2.45) is 0 Å². The molecule has 5 heteroatoms. The van der Waals surface area contributed by atoms with Gasteiger partial charge >= 0.3 is 0 Å². The highest BCUT2D eigenvalue weighted by Gasteiger charge is 2.20. The van der Waals surface area contributed by atoms with Crippen molar-refractivity contribution in [1.82, 2.24) is 19.5 Å². The van der Waals surface area contributed by atoms with E-state index in [1.165, 1.54) is 16.3 Å². The third-order valence-corrected chi connectivity index (χ3v) is 10.5. The number of benzene rings is 8. The fourth-order valence-corrected chi connectivity index (χ4v) is 7.90. The first-order chi connectivity index (χ1) is 26.8. The highest BCUT2D eigenvalue weighted by Crippen LogP contribution is 2.41. The Bertz CT molecular complexity index is 3200. The van der Waals surface area contributed by atoms with Crippen LogP contribution >= 0.6 is 0 Å². The van der Waals surface area contributed by atoms with Crippen molar-refractivity contribution in [3.05, 3.63) is 182 Å². The van der Waals surface area contributed by atoms with Crippen molar-refractivity contribution in [2.75, 3.05) is 0 Å². The van der Waals surface area contributed by atoms with Crippen LogP contribution in [0.1, 0.15) is 0 Å². The fourth-order valence-electron chi connectivity index (χ4n) is 7.90. The van der Waals surface area contributed by atoms with E-state index in [2.05, 4.69) is 138 Å². The molecule has 0 radical (unpaired) electrons. The molecule has 0 saturated heterocycles. The predicted molar refractivity (Wildman–Crippen MR) is 221 cm³/mol. The van der Waals surface area contributed by atoms with Gasteiger partial charge in [0.15, 0.2) is 17.5 Å². The molecule has 0 N–H and O–H groups in total. The maximum Gasteiger partial charge on any atom is 0.164 e. The number of hydrogen-bond donors (Lipinski definition) is 0. The third kappa shape index (κ3) is 4.83. The highest BCUT2D eigenvalue weighted by molar-refractivity contribution is 6.18. The fraction of sp³-hybridized carbons (Fsp3) is 0. The first kappa shape index (κ1) is 30.3. The van der Waals surface area contributed by atoms with Gasteiger partial charge < -0.3 is 8.98 Å². The second kappa shape index (κ2) is 12.1. The van der Waals surface area contributed by atoms with Crippen LogP contribution in [0, 0.1) is 0 Å². The van der Waals surface area contributed by atoms with E-state index in [-0.39, 0.29) is 0 Å². The van der Waals surface area contributed by atoms with Crippen molar-refractivity contribution in [3.63, 3.8) is 0 Å². The first-order valence-electron chi connectivity index (χ1n) is 18.1. The zero-order chi connectivity index (χ0) is 35.6. The zero-order valence-electron chi connectivity index (χ0n) is 29.0. The smallest absolute Gasteiger partial charge is 0.164 e. The molecule has 252 valence electrons. The van der Waals surface area contributed by atoms with Gasteiger partial charge in [0.25, 0.3) is 0 Å². The summed E-state index contributed by atoms with van der Waals surface area (Å²) in [5.41, 5.74) is 10.2. The van der Waals surface area contributed by atoms with Gasteiger partial charge in [-0.25, -0.2) is 15.0 Å². The summed E-state index contributed by atoms with van der Waals surface area (Å²) in [7, 11) is 0. The van der Waals surface area contributed by atoms with E-state index in [4.69, 9.17) is 19.4 Å². The van der Waals surface area contributed by atoms with Gasteiger partial charge in [-0.2, -0.15) is 0 Å². The van der Waals surface area contributed by atoms with Crippen LogP contribution in [0.2, 0.25) is 0 Å². The molecule has 0 bridgehead atoms. The van der Waals surface area contributed by atoms with Crippen LogP contribution in [0.5, 0.6) is 0 Å². The monoisotopic (exact) mass is 690 g/mol. The summed E-state index contributed by atoms with van der Waals surface area (Å²) in [6.45, 7) is 0. The molecule has 3 heterocycles. The largest absolute Gasteiger partial charge is 0.456 e. The van der Waals surface area contributed by atoms with E-state index in [0.29, 0.717) is 17.5 Å². The van der Waals surface area contributed by atoms with Crippen LogP contribution in [0.15, 0.2) is 186 Å². The lowest BCUT2D eigenvalue weighted by Gasteiger charge is -2.15. The summed E-state index contributed by atoms with van der Waals surface area (Å²) in [5.74, 6) is 1.89. The van der Waals surface area contributed by atoms with Crippen LogP contribution in [0.4, 0.5) is 0 Å². The van der Waals surface area contributed by atoms with Gasteiger partial charge in [0.1, 0.15) is 11.2 Å². The second-order valence-electron chi connectivity index (χ2n) is 13.6. The maximum absolute atomic E-state index is 6.40. The Morgan fingerprint density at radius 2 is 0.889 bits per heavy atom. The average molecular weight is 691 g/mol. The van der Waals surface area contributed by atoms with Gasteiger partial charge in [-0.1, -0.05) is 146 Å². The highest BCUT2D eigenvalue weighted by atomic mass is 16.3. The van der Waals surface area contributed by atoms with Gasteiger partial charge in [-0.15, -0.1) is 0 Å². The predicted octanol–water partition coefficient (Wildman–Crippen LogP) is 12.7. The van der Waals surface area contributed by atoms with Gasteiger partial charge in [-0.3, -0.25) is 0 Å². The quantitative estimate of drug-likeness (QED) is 0.180. The minimum absolute atomic E-state index is 0.625. The molecule has 8 aromatic carbocycles. The molecule has 11 rings (SSSR count). The van der Waals surface area contributed by atoms with E-state index in [9.17, 15) is 0 Å². The Morgan fingerprint density at radius 1 is 0.333 bits per heavy atom. The Labute approximate surface area is 310 Å². The lowest BCUT2D eigenvalue weighted by Crippen LogP contribution is -2.01. The van der Waals surface area contributed by atoms with Crippen LogP contribution in [0.3, 0.4) is 0 Å². The van der Waals surface area contributed by atoms with Crippen molar-refractivity contribution in [2.45, 2.75) is 0 Å². The van der Waals surface area contributed by atoms with Crippen LogP contribution in [-0.4, -0.2) is 19.5 Å². The molecule has 0 fully saturated rings. The molecular formula is C49H30N4O. The van der Waals surface area contributed by atoms with Crippen LogP contribution in [-0.2, 0) is 0 Å². The molecule has 0 saturated carbocycles. The van der Waals surface area contributed by atoms with Gasteiger partial charge in [-0.05, 0) is 46.8 Å². The Balaban J connectivity index is 1.12. The van der Waals surface area contributed by atoms with Crippen LogP contribution < -0.4 is 0 Å². The van der Waals surface area contributed by atoms with Crippen molar-refractivity contribution in [3.8, 4) is 51.0 Å². The Hall–Kier alpha value is -7.37. The minimum atomic E-state index is 0.625. The number of fused-ring (bicyclic) bond motifs is 7. The van der Waals surface area contributed by atoms with Crippen molar-refractivity contribution in [1.29, 1.82) is 0 Å². The van der Waals surface area contributed by atoms with E-state index < -0.39 is 0 Å².